The molecule has 0 heterocycles. The first-order chi connectivity index (χ1) is 8.62. The van der Waals surface area contributed by atoms with Gasteiger partial charge < -0.3 is 11.1 Å². The highest BCUT2D eigenvalue weighted by Crippen LogP contribution is 2.60. The number of benzene rings is 1. The van der Waals surface area contributed by atoms with E-state index in [1.807, 2.05) is 0 Å². The number of nitrogens with one attached hydrogen (secondary N) is 1. The first-order valence-electron chi connectivity index (χ1n) is 6.45. The van der Waals surface area contributed by atoms with Crippen LogP contribution in [0.25, 0.3) is 0 Å². The van der Waals surface area contributed by atoms with Gasteiger partial charge >= 0.3 is 0 Å². The Morgan fingerprint density at radius 2 is 2.17 bits per heavy atom. The lowest BCUT2D eigenvalue weighted by atomic mass is 10.0. The van der Waals surface area contributed by atoms with Gasteiger partial charge in [0.05, 0.1) is 10.6 Å². The van der Waals surface area contributed by atoms with Crippen LogP contribution in [-0.4, -0.2) is 12.5 Å². The summed E-state index contributed by atoms with van der Waals surface area (Å²) in [4.78, 5) is 12.1. The van der Waals surface area contributed by atoms with E-state index in [0.29, 0.717) is 21.7 Å². The van der Waals surface area contributed by atoms with Crippen LogP contribution in [-0.2, 0) is 0 Å². The molecule has 0 atom stereocenters. The first-order valence-corrected chi connectivity index (χ1v) is 6.82. The Balaban J connectivity index is 1.68. The summed E-state index contributed by atoms with van der Waals surface area (Å²) < 4.78 is 0. The van der Waals surface area contributed by atoms with Gasteiger partial charge in [-0.25, -0.2) is 0 Å². The van der Waals surface area contributed by atoms with Gasteiger partial charge in [0.15, 0.2) is 0 Å². The van der Waals surface area contributed by atoms with Gasteiger partial charge in [-0.05, 0) is 49.1 Å². The molecule has 18 heavy (non-hydrogen) atoms. The smallest absolute Gasteiger partial charge is 0.254 e. The minimum atomic E-state index is -0.148. The zero-order chi connectivity index (χ0) is 12.8. The molecule has 0 aromatic heterocycles. The van der Waals surface area contributed by atoms with Crippen molar-refractivity contribution < 1.29 is 4.79 Å². The van der Waals surface area contributed by atoms with Crippen molar-refractivity contribution in [2.24, 2.45) is 11.3 Å². The molecule has 2 fully saturated rings. The Kier molecular flexibility index (Phi) is 2.74. The van der Waals surface area contributed by atoms with E-state index in [1.54, 1.807) is 18.2 Å². The van der Waals surface area contributed by atoms with E-state index < -0.39 is 0 Å². The number of hydrogen-bond donors (Lipinski definition) is 2. The summed E-state index contributed by atoms with van der Waals surface area (Å²) >= 11 is 6.02. The molecule has 96 valence electrons. The van der Waals surface area contributed by atoms with Crippen LogP contribution in [0.15, 0.2) is 18.2 Å². The third-order valence-electron chi connectivity index (χ3n) is 4.21. The molecule has 1 amide bonds. The molecule has 2 aliphatic rings. The molecule has 0 bridgehead atoms. The number of rotatable bonds is 4. The summed E-state index contributed by atoms with van der Waals surface area (Å²) in [6, 6.07) is 5.15. The summed E-state index contributed by atoms with van der Waals surface area (Å²) in [7, 11) is 0. The van der Waals surface area contributed by atoms with Crippen molar-refractivity contribution >= 4 is 23.2 Å². The molecule has 0 unspecified atom stereocenters. The third-order valence-corrected chi connectivity index (χ3v) is 4.52. The number of hydrogen-bond acceptors (Lipinski definition) is 2. The Labute approximate surface area is 112 Å². The second-order valence-electron chi connectivity index (χ2n) is 5.52. The number of carbonyl (C=O) groups is 1. The highest BCUT2D eigenvalue weighted by Gasteiger charge is 2.53. The van der Waals surface area contributed by atoms with E-state index in [4.69, 9.17) is 17.3 Å². The Morgan fingerprint density at radius 1 is 1.44 bits per heavy atom. The average Bonchev–Trinajstić information content (AvgIpc) is 3.18. The molecular formula is C14H17ClN2O. The molecule has 3 nitrogen and oxygen atoms in total. The fourth-order valence-corrected chi connectivity index (χ4v) is 2.98. The number of amides is 1. The number of nitrogen functional groups attached to an aromatic ring is 1. The molecule has 0 spiro atoms. The topological polar surface area (TPSA) is 55.1 Å². The molecule has 1 aromatic carbocycles. The molecule has 3 rings (SSSR count). The molecule has 3 N–H and O–H groups in total. The van der Waals surface area contributed by atoms with E-state index in [2.05, 4.69) is 5.32 Å². The number of halogens is 1. The van der Waals surface area contributed by atoms with Gasteiger partial charge in [-0.2, -0.15) is 0 Å². The highest BCUT2D eigenvalue weighted by molar-refractivity contribution is 6.34. The van der Waals surface area contributed by atoms with Crippen LogP contribution in [0.4, 0.5) is 5.69 Å². The lowest BCUT2D eigenvalue weighted by molar-refractivity contribution is 0.0943. The Morgan fingerprint density at radius 3 is 2.72 bits per heavy atom. The average molecular weight is 265 g/mol. The minimum Gasteiger partial charge on any atom is -0.398 e. The summed E-state index contributed by atoms with van der Waals surface area (Å²) in [6.07, 6.45) is 5.14. The van der Waals surface area contributed by atoms with Gasteiger partial charge in [-0.1, -0.05) is 17.7 Å². The number of anilines is 1. The summed E-state index contributed by atoms with van der Waals surface area (Å²) in [5, 5.41) is 3.42. The van der Waals surface area contributed by atoms with Gasteiger partial charge in [-0.3, -0.25) is 4.79 Å². The largest absolute Gasteiger partial charge is 0.398 e. The predicted octanol–water partition coefficient (Wildman–Crippen LogP) is 2.84. The third kappa shape index (κ3) is 2.07. The van der Waals surface area contributed by atoms with E-state index in [1.165, 1.54) is 25.7 Å². The van der Waals surface area contributed by atoms with Crippen molar-refractivity contribution in [3.05, 3.63) is 28.8 Å². The molecule has 0 aliphatic heterocycles. The Hall–Kier alpha value is -1.22. The van der Waals surface area contributed by atoms with Crippen molar-refractivity contribution in [2.45, 2.75) is 25.7 Å². The standard InChI is InChI=1S/C14H17ClN2O/c15-10-2-1-3-11(16)12(10)13(18)17-8-14(6-7-14)9-4-5-9/h1-3,9H,4-8,16H2,(H,17,18). The van der Waals surface area contributed by atoms with Gasteiger partial charge in [0, 0.05) is 12.2 Å². The van der Waals surface area contributed by atoms with Crippen LogP contribution < -0.4 is 11.1 Å². The fourth-order valence-electron chi connectivity index (χ4n) is 2.71. The second kappa shape index (κ2) is 4.16. The van der Waals surface area contributed by atoms with Crippen molar-refractivity contribution in [3.8, 4) is 0 Å². The Bertz CT molecular complexity index is 472. The molecule has 4 heteroatoms. The lowest BCUT2D eigenvalue weighted by Crippen LogP contribution is -2.31. The summed E-state index contributed by atoms with van der Waals surface area (Å²) in [5.41, 5.74) is 7.05. The lowest BCUT2D eigenvalue weighted by Gasteiger charge is -2.16. The van der Waals surface area contributed by atoms with Crippen molar-refractivity contribution in [1.29, 1.82) is 0 Å². The van der Waals surface area contributed by atoms with Crippen molar-refractivity contribution in [2.75, 3.05) is 12.3 Å². The molecular weight excluding hydrogens is 248 g/mol. The molecule has 2 saturated carbocycles. The van der Waals surface area contributed by atoms with E-state index in [9.17, 15) is 4.79 Å². The number of carbonyl (C=O) groups excluding carboxylic acids is 1. The second-order valence-corrected chi connectivity index (χ2v) is 5.93. The van der Waals surface area contributed by atoms with Crippen LogP contribution in [0.2, 0.25) is 5.02 Å². The van der Waals surface area contributed by atoms with Crippen LogP contribution >= 0.6 is 11.6 Å². The van der Waals surface area contributed by atoms with Gasteiger partial charge in [0.1, 0.15) is 0 Å². The quantitative estimate of drug-likeness (QED) is 0.822. The fraction of sp³-hybridized carbons (Fsp3) is 0.500. The van der Waals surface area contributed by atoms with Crippen molar-refractivity contribution in [1.82, 2.24) is 5.32 Å². The van der Waals surface area contributed by atoms with Gasteiger partial charge in [0.25, 0.3) is 5.91 Å². The number of nitrogens with two attached hydrogens (primary N) is 1. The predicted molar refractivity (Wildman–Crippen MR) is 72.6 cm³/mol. The van der Waals surface area contributed by atoms with Gasteiger partial charge in [0.2, 0.25) is 0 Å². The maximum absolute atomic E-state index is 12.1. The molecule has 0 radical (unpaired) electrons. The highest BCUT2D eigenvalue weighted by atomic mass is 35.5. The maximum atomic E-state index is 12.1. The molecule has 0 saturated heterocycles. The van der Waals surface area contributed by atoms with Crippen LogP contribution in [0.1, 0.15) is 36.0 Å². The molecule has 1 aromatic rings. The zero-order valence-electron chi connectivity index (χ0n) is 10.2. The van der Waals surface area contributed by atoms with Crippen LogP contribution in [0.5, 0.6) is 0 Å². The molecule has 2 aliphatic carbocycles. The van der Waals surface area contributed by atoms with E-state index in [-0.39, 0.29) is 5.91 Å². The first kappa shape index (κ1) is 11.8. The van der Waals surface area contributed by atoms with Gasteiger partial charge in [-0.15, -0.1) is 0 Å². The van der Waals surface area contributed by atoms with Crippen molar-refractivity contribution in [3.63, 3.8) is 0 Å². The summed E-state index contributed by atoms with van der Waals surface area (Å²) in [5.74, 6) is 0.686. The SMILES string of the molecule is Nc1cccc(Cl)c1C(=O)NCC1(C2CC2)CC1. The normalized spacial score (nSPS) is 20.5. The monoisotopic (exact) mass is 264 g/mol. The van der Waals surface area contributed by atoms with E-state index in [0.717, 1.165) is 12.5 Å². The zero-order valence-corrected chi connectivity index (χ0v) is 11.0. The maximum Gasteiger partial charge on any atom is 0.254 e. The van der Waals surface area contributed by atoms with Crippen LogP contribution in [0, 0.1) is 11.3 Å². The summed E-state index contributed by atoms with van der Waals surface area (Å²) in [6.45, 7) is 0.765. The minimum absolute atomic E-state index is 0.148. The van der Waals surface area contributed by atoms with Crippen LogP contribution in [0.3, 0.4) is 0 Å². The van der Waals surface area contributed by atoms with E-state index >= 15 is 0 Å².